The Morgan fingerprint density at radius 3 is 2.24 bits per heavy atom. The number of anilines is 2. The van der Waals surface area contributed by atoms with Crippen molar-refractivity contribution < 1.29 is 55.6 Å². The van der Waals surface area contributed by atoms with Gasteiger partial charge in [0, 0.05) is 41.2 Å². The molecule has 1 aromatic heterocycles. The lowest BCUT2D eigenvalue weighted by atomic mass is 9.85. The molecule has 0 spiro atoms. The number of aliphatic carboxylic acids is 1. The maximum atomic E-state index is 13.5. The van der Waals surface area contributed by atoms with E-state index in [-0.39, 0.29) is 43.3 Å². The van der Waals surface area contributed by atoms with Gasteiger partial charge in [0.15, 0.2) is 0 Å². The highest BCUT2D eigenvalue weighted by atomic mass is 32.2. The second-order valence-corrected chi connectivity index (χ2v) is 14.1. The Hall–Kier alpha value is -6.23. The van der Waals surface area contributed by atoms with E-state index >= 15 is 0 Å². The van der Waals surface area contributed by atoms with Crippen LogP contribution in [-0.2, 0) is 36.6 Å². The average molecular weight is 820 g/mol. The van der Waals surface area contributed by atoms with E-state index in [1.165, 1.54) is 0 Å². The molecule has 0 fully saturated rings. The van der Waals surface area contributed by atoms with Crippen molar-refractivity contribution in [2.24, 2.45) is 0 Å². The number of carboxylic acid groups (broad SMARTS) is 1. The Morgan fingerprint density at radius 1 is 0.845 bits per heavy atom. The summed E-state index contributed by atoms with van der Waals surface area (Å²) in [6.07, 6.45) is 2.13. The Labute approximate surface area is 342 Å². The van der Waals surface area contributed by atoms with Gasteiger partial charge in [-0.1, -0.05) is 51.1 Å². The average Bonchev–Trinajstić information content (AvgIpc) is 3.17. The van der Waals surface area contributed by atoms with Gasteiger partial charge < -0.3 is 44.2 Å². The molecule has 0 atom stereocenters. The van der Waals surface area contributed by atoms with Crippen molar-refractivity contribution >= 4 is 44.6 Å². The van der Waals surface area contributed by atoms with E-state index in [1.54, 1.807) is 50.6 Å². The van der Waals surface area contributed by atoms with Crippen molar-refractivity contribution in [3.8, 4) is 28.7 Å². The minimum atomic E-state index is -2.71. The van der Waals surface area contributed by atoms with Crippen LogP contribution < -0.4 is 29.6 Å². The van der Waals surface area contributed by atoms with E-state index in [0.717, 1.165) is 27.6 Å². The molecule has 4 N–H and O–H groups in total. The van der Waals surface area contributed by atoms with Crippen LogP contribution in [0.25, 0.3) is 10.8 Å². The first-order chi connectivity index (χ1) is 28.8. The highest BCUT2D eigenvalue weighted by molar-refractivity contribution is 7.60. The number of pyridine rings is 1. The molecule has 0 saturated heterocycles. The van der Waals surface area contributed by atoms with Crippen molar-refractivity contribution in [2.75, 3.05) is 57.8 Å². The van der Waals surface area contributed by atoms with Crippen LogP contribution in [0.1, 0.15) is 47.3 Å². The fraction of sp³-hybridized carbons (Fsp3) is 0.310. The second kappa shape index (κ2) is 21.3. The zero-order chi connectivity index (χ0) is 44.7. The van der Waals surface area contributed by atoms with Crippen LogP contribution in [0.15, 0.2) is 85.1 Å². The topological polar surface area (TPSA) is 205 Å². The first kappa shape index (κ1) is 40.0. The Balaban J connectivity index is 0.00000196. The molecular formula is C42H48N4O11S. The summed E-state index contributed by atoms with van der Waals surface area (Å²) in [6.45, 7) is 8.45. The SMILES string of the molecule is N=S(=O)=O.[2H]C([2H])([2H])Oc1c(C)cc(C(C)(C)C)cc1NC(=O)Nc1ccc(Oc2ccnc(Cc3cc(OC)cc(OCCOCCOCC(=O)O)c3)c2)c2ccccc12. The monoisotopic (exact) mass is 819 g/mol. The summed E-state index contributed by atoms with van der Waals surface area (Å²) < 4.78 is 79.3. The number of carbonyl (C=O) groups excluding carboxylic acids is 1. The molecule has 308 valence electrons. The van der Waals surface area contributed by atoms with Crippen LogP contribution in [-0.4, -0.2) is 77.7 Å². The molecule has 5 rings (SSSR count). The van der Waals surface area contributed by atoms with E-state index in [2.05, 4.69) is 15.6 Å². The first-order valence-corrected chi connectivity index (χ1v) is 18.9. The minimum absolute atomic E-state index is 0.0738. The third-order valence-electron chi connectivity index (χ3n) is 8.29. The molecule has 1 heterocycles. The predicted molar refractivity (Wildman–Crippen MR) is 220 cm³/mol. The summed E-state index contributed by atoms with van der Waals surface area (Å²) in [5, 5.41) is 15.8. The largest absolute Gasteiger partial charge is 0.497 e. The van der Waals surface area contributed by atoms with Crippen molar-refractivity contribution in [1.82, 2.24) is 4.98 Å². The number of amides is 2. The van der Waals surface area contributed by atoms with Crippen LogP contribution in [0.4, 0.5) is 16.2 Å². The highest BCUT2D eigenvalue weighted by Crippen LogP contribution is 2.37. The number of nitrogens with zero attached hydrogens (tertiary/aromatic N) is 1. The summed E-state index contributed by atoms with van der Waals surface area (Å²) in [7, 11) is -3.74. The van der Waals surface area contributed by atoms with Gasteiger partial charge in [-0.25, -0.2) is 9.59 Å². The summed E-state index contributed by atoms with van der Waals surface area (Å²) >= 11 is 0. The number of urea groups is 1. The van der Waals surface area contributed by atoms with Gasteiger partial charge in [-0.2, -0.15) is 13.2 Å². The number of hydrogen-bond donors (Lipinski definition) is 4. The molecule has 5 aromatic rings. The van der Waals surface area contributed by atoms with E-state index < -0.39 is 29.5 Å². The van der Waals surface area contributed by atoms with Gasteiger partial charge in [0.05, 0.1) is 49.5 Å². The third kappa shape index (κ3) is 13.8. The van der Waals surface area contributed by atoms with E-state index in [0.29, 0.717) is 47.3 Å². The van der Waals surface area contributed by atoms with Gasteiger partial charge in [-0.15, -0.1) is 0 Å². The van der Waals surface area contributed by atoms with Gasteiger partial charge in [0.25, 0.3) is 0 Å². The highest BCUT2D eigenvalue weighted by Gasteiger charge is 2.20. The lowest BCUT2D eigenvalue weighted by molar-refractivity contribution is -0.142. The smallest absolute Gasteiger partial charge is 0.329 e. The Morgan fingerprint density at radius 2 is 1.53 bits per heavy atom. The number of rotatable bonds is 17. The van der Waals surface area contributed by atoms with Crippen LogP contribution in [0.2, 0.25) is 0 Å². The predicted octanol–water partition coefficient (Wildman–Crippen LogP) is 8.01. The van der Waals surface area contributed by atoms with Crippen LogP contribution in [0, 0.1) is 11.7 Å². The lowest BCUT2D eigenvalue weighted by Crippen LogP contribution is -2.21. The summed E-state index contributed by atoms with van der Waals surface area (Å²) in [4.78, 5) is 28.6. The van der Waals surface area contributed by atoms with Crippen LogP contribution in [0.3, 0.4) is 0 Å². The molecule has 16 heteroatoms. The van der Waals surface area contributed by atoms with Crippen molar-refractivity contribution in [3.05, 3.63) is 107 Å². The van der Waals surface area contributed by atoms with Crippen molar-refractivity contribution in [1.29, 1.82) is 4.78 Å². The lowest BCUT2D eigenvalue weighted by Gasteiger charge is -2.23. The summed E-state index contributed by atoms with van der Waals surface area (Å²) in [5.74, 6) is 1.37. The molecule has 4 aromatic carbocycles. The molecule has 0 aliphatic carbocycles. The molecule has 15 nitrogen and oxygen atoms in total. The maximum absolute atomic E-state index is 13.5. The Bertz CT molecular complexity index is 2420. The van der Waals surface area contributed by atoms with Gasteiger partial charge in [0.2, 0.25) is 0 Å². The normalized spacial score (nSPS) is 11.8. The van der Waals surface area contributed by atoms with Crippen molar-refractivity contribution in [3.63, 3.8) is 0 Å². The first-order valence-electron chi connectivity index (χ1n) is 19.4. The molecule has 0 aliphatic heterocycles. The molecular weight excluding hydrogens is 769 g/mol. The summed E-state index contributed by atoms with van der Waals surface area (Å²) in [6, 6.07) is 23.2. The van der Waals surface area contributed by atoms with E-state index in [1.807, 2.05) is 69.3 Å². The molecule has 0 saturated carbocycles. The second-order valence-electron chi connectivity index (χ2n) is 13.7. The number of aromatic nitrogens is 1. The fourth-order valence-corrected chi connectivity index (χ4v) is 5.66. The third-order valence-corrected chi connectivity index (χ3v) is 8.29. The fourth-order valence-electron chi connectivity index (χ4n) is 5.66. The minimum Gasteiger partial charge on any atom is -0.497 e. The van der Waals surface area contributed by atoms with Gasteiger partial charge >= 0.3 is 22.5 Å². The van der Waals surface area contributed by atoms with E-state index in [9.17, 15) is 9.59 Å². The number of ether oxygens (including phenoxy) is 6. The number of methoxy groups -OCH3 is 2. The molecule has 0 bridgehead atoms. The quantitative estimate of drug-likeness (QED) is 0.0659. The zero-order valence-corrected chi connectivity index (χ0v) is 33.5. The molecule has 0 unspecified atom stereocenters. The van der Waals surface area contributed by atoms with Gasteiger partial charge in [-0.3, -0.25) is 4.98 Å². The zero-order valence-electron chi connectivity index (χ0n) is 35.7. The van der Waals surface area contributed by atoms with Crippen LogP contribution >= 0.6 is 0 Å². The van der Waals surface area contributed by atoms with Gasteiger partial charge in [0.1, 0.15) is 42.0 Å². The molecule has 58 heavy (non-hydrogen) atoms. The number of fused-ring (bicyclic) bond motifs is 1. The van der Waals surface area contributed by atoms with Gasteiger partial charge in [-0.05, 0) is 65.4 Å². The number of aryl methyl sites for hydroxylation is 1. The number of hydrogen-bond acceptors (Lipinski definition) is 12. The van der Waals surface area contributed by atoms with Crippen LogP contribution in [0.5, 0.6) is 28.7 Å². The molecule has 0 radical (unpaired) electrons. The number of carboxylic acids is 1. The molecule has 0 aliphatic rings. The number of carbonyl (C=O) groups is 2. The van der Waals surface area contributed by atoms with Crippen molar-refractivity contribution in [2.45, 2.75) is 39.5 Å². The molecule has 2 amide bonds. The van der Waals surface area contributed by atoms with E-state index in [4.69, 9.17) is 50.8 Å². The number of nitrogens with one attached hydrogen (secondary N) is 3. The Kier molecular flexibility index (Phi) is 14.7. The maximum Gasteiger partial charge on any atom is 0.329 e. The number of benzene rings is 4. The standard InChI is InChI=1S/C42H47N3O9.HNO2S/c1-27-19-29(42(2,3)4)23-37(40(27)50-6)45-41(48)44-36-11-12-38(35-10-8-7-9-34(35)36)54-31-13-14-43-30(24-31)20-28-21-32(49-5)25-33(22-28)53-18-17-51-15-16-52-26-39(46)47;1-4(2)3/h7-14,19,21-25H,15-18,20,26H2,1-6H3,(H,46,47)(H2,44,45,48);1H/i6D3;. The summed E-state index contributed by atoms with van der Waals surface area (Å²) in [5.41, 5.74) is 3.61.